The molecule has 0 aromatic heterocycles. The van der Waals surface area contributed by atoms with E-state index < -0.39 is 28.7 Å². The molecule has 0 bridgehead atoms. The van der Waals surface area contributed by atoms with Gasteiger partial charge in [-0.05, 0) is 19.1 Å². The lowest BCUT2D eigenvalue weighted by Crippen LogP contribution is -2.36. The number of hydrogen-bond donors (Lipinski definition) is 2. The van der Waals surface area contributed by atoms with Crippen LogP contribution in [0.15, 0.2) is 29.2 Å². The molecule has 0 aliphatic rings. The Morgan fingerprint density at radius 3 is 2.41 bits per heavy atom. The Hall–Kier alpha value is -1.44. The van der Waals surface area contributed by atoms with E-state index >= 15 is 0 Å². The molecule has 3 N–H and O–H groups in total. The van der Waals surface area contributed by atoms with E-state index in [-0.39, 0.29) is 4.90 Å². The largest absolute Gasteiger partial charge is 0.394 e. The Kier molecular flexibility index (Phi) is 4.22. The normalized spacial score (nSPS) is 13.1. The molecule has 0 radical (unpaired) electrons. The third-order valence-electron chi connectivity index (χ3n) is 2.00. The first kappa shape index (κ1) is 13.6. The summed E-state index contributed by atoms with van der Waals surface area (Å²) in [4.78, 5) is 11.0. The summed E-state index contributed by atoms with van der Waals surface area (Å²) >= 11 is 0. The molecule has 17 heavy (non-hydrogen) atoms. The number of carbonyl (C=O) groups excluding carboxylic acids is 1. The van der Waals surface area contributed by atoms with E-state index in [9.17, 15) is 13.2 Å². The molecule has 0 aliphatic carbocycles. The van der Waals surface area contributed by atoms with Gasteiger partial charge in [0.15, 0.2) is 0 Å². The monoisotopic (exact) mass is 259 g/mol. The molecule has 0 aliphatic heterocycles. The summed E-state index contributed by atoms with van der Waals surface area (Å²) in [5.41, 5.74) is 6.01. The van der Waals surface area contributed by atoms with Gasteiger partial charge in [-0.2, -0.15) is 8.42 Å². The van der Waals surface area contributed by atoms with Crippen LogP contribution in [0.1, 0.15) is 5.56 Å². The van der Waals surface area contributed by atoms with Gasteiger partial charge in [0, 0.05) is 0 Å². The van der Waals surface area contributed by atoms with Gasteiger partial charge in [0.25, 0.3) is 0 Å². The van der Waals surface area contributed by atoms with Gasteiger partial charge >= 0.3 is 16.1 Å². The van der Waals surface area contributed by atoms with Crippen LogP contribution in [-0.2, 0) is 19.1 Å². The van der Waals surface area contributed by atoms with E-state index in [4.69, 9.17) is 10.8 Å². The molecule has 0 amide bonds. The highest BCUT2D eigenvalue weighted by Gasteiger charge is 2.23. The van der Waals surface area contributed by atoms with E-state index in [1.54, 1.807) is 19.1 Å². The van der Waals surface area contributed by atoms with Crippen LogP contribution >= 0.6 is 0 Å². The van der Waals surface area contributed by atoms with E-state index in [0.717, 1.165) is 5.56 Å². The molecule has 0 fully saturated rings. The molecule has 0 saturated carbocycles. The second-order valence-corrected chi connectivity index (χ2v) is 5.00. The van der Waals surface area contributed by atoms with Crippen molar-refractivity contribution in [2.24, 2.45) is 5.73 Å². The number of carbonyl (C=O) groups is 1. The Bertz CT molecular complexity index is 494. The number of aryl methyl sites for hydroxylation is 1. The maximum Gasteiger partial charge on any atom is 0.341 e. The molecule has 0 spiro atoms. The standard InChI is InChI=1S/C10H13NO5S/c1-7-2-4-8(5-3-7)17(14,15)16-10(13)9(11)6-12/h2-5,9,12H,6,11H2,1H3/t9-/m0/s1. The van der Waals surface area contributed by atoms with Gasteiger partial charge in [-0.25, -0.2) is 4.79 Å². The highest BCUT2D eigenvalue weighted by atomic mass is 32.2. The van der Waals surface area contributed by atoms with Crippen LogP contribution < -0.4 is 5.73 Å². The van der Waals surface area contributed by atoms with Crippen molar-refractivity contribution in [3.05, 3.63) is 29.8 Å². The lowest BCUT2D eigenvalue weighted by molar-refractivity contribution is -0.136. The first-order chi connectivity index (χ1) is 7.86. The van der Waals surface area contributed by atoms with Crippen LogP contribution in [0.25, 0.3) is 0 Å². The maximum absolute atomic E-state index is 11.6. The summed E-state index contributed by atoms with van der Waals surface area (Å²) in [5, 5.41) is 8.59. The van der Waals surface area contributed by atoms with Crippen molar-refractivity contribution in [2.75, 3.05) is 6.61 Å². The predicted octanol–water partition coefficient (Wildman–Crippen LogP) is -0.453. The molecule has 1 rings (SSSR count). The van der Waals surface area contributed by atoms with Gasteiger partial charge in [0.2, 0.25) is 0 Å². The molecule has 0 unspecified atom stereocenters. The summed E-state index contributed by atoms with van der Waals surface area (Å²) in [5.74, 6) is -1.19. The molecule has 7 heteroatoms. The van der Waals surface area contributed by atoms with Crippen molar-refractivity contribution >= 4 is 16.1 Å². The molecule has 94 valence electrons. The van der Waals surface area contributed by atoms with Gasteiger partial charge in [-0.1, -0.05) is 17.7 Å². The number of nitrogens with two attached hydrogens (primary N) is 1. The number of rotatable bonds is 4. The third kappa shape index (κ3) is 3.52. The van der Waals surface area contributed by atoms with E-state index in [2.05, 4.69) is 4.18 Å². The summed E-state index contributed by atoms with van der Waals surface area (Å²) in [6.07, 6.45) is 0. The van der Waals surface area contributed by atoms with Crippen molar-refractivity contribution in [3.63, 3.8) is 0 Å². The number of benzene rings is 1. The van der Waals surface area contributed by atoms with Crippen molar-refractivity contribution in [2.45, 2.75) is 17.9 Å². The Morgan fingerprint density at radius 1 is 1.41 bits per heavy atom. The molecule has 0 heterocycles. The minimum atomic E-state index is -4.17. The Balaban J connectivity index is 2.89. The van der Waals surface area contributed by atoms with Crippen LogP contribution in [0.4, 0.5) is 0 Å². The van der Waals surface area contributed by atoms with Crippen molar-refractivity contribution in [1.29, 1.82) is 0 Å². The Labute approximate surface area is 99.1 Å². The molecule has 1 aromatic rings. The third-order valence-corrected chi connectivity index (χ3v) is 3.23. The van der Waals surface area contributed by atoms with Gasteiger partial charge < -0.3 is 15.0 Å². The fraction of sp³-hybridized carbons (Fsp3) is 0.300. The van der Waals surface area contributed by atoms with Crippen LogP contribution in [0.2, 0.25) is 0 Å². The lowest BCUT2D eigenvalue weighted by Gasteiger charge is -2.09. The van der Waals surface area contributed by atoms with Crippen LogP contribution in [-0.4, -0.2) is 32.1 Å². The zero-order valence-corrected chi connectivity index (χ0v) is 9.98. The Morgan fingerprint density at radius 2 is 1.94 bits per heavy atom. The summed E-state index contributed by atoms with van der Waals surface area (Å²) < 4.78 is 27.5. The zero-order valence-electron chi connectivity index (χ0n) is 9.16. The number of hydrogen-bond acceptors (Lipinski definition) is 6. The second kappa shape index (κ2) is 5.26. The fourth-order valence-corrected chi connectivity index (χ4v) is 1.90. The number of aliphatic hydroxyl groups is 1. The first-order valence-corrected chi connectivity index (χ1v) is 6.19. The highest BCUT2D eigenvalue weighted by molar-refractivity contribution is 7.87. The SMILES string of the molecule is Cc1ccc(S(=O)(=O)OC(=O)[C@@H](N)CO)cc1. The molecule has 6 nitrogen and oxygen atoms in total. The maximum atomic E-state index is 11.6. The first-order valence-electron chi connectivity index (χ1n) is 4.78. The minimum absolute atomic E-state index is 0.137. The van der Waals surface area contributed by atoms with Crippen molar-refractivity contribution in [1.82, 2.24) is 0 Å². The van der Waals surface area contributed by atoms with Crippen LogP contribution in [0, 0.1) is 6.92 Å². The minimum Gasteiger partial charge on any atom is -0.394 e. The number of aliphatic hydroxyl groups excluding tert-OH is 1. The smallest absolute Gasteiger partial charge is 0.341 e. The highest BCUT2D eigenvalue weighted by Crippen LogP contribution is 2.13. The van der Waals surface area contributed by atoms with E-state index in [0.29, 0.717) is 0 Å². The van der Waals surface area contributed by atoms with Gasteiger partial charge in [0.1, 0.15) is 10.9 Å². The van der Waals surface area contributed by atoms with E-state index in [1.165, 1.54) is 12.1 Å². The summed E-state index contributed by atoms with van der Waals surface area (Å²) in [6.45, 7) is 1.12. The van der Waals surface area contributed by atoms with Gasteiger partial charge in [0.05, 0.1) is 6.61 Å². The molecular weight excluding hydrogens is 246 g/mol. The topological polar surface area (TPSA) is 107 Å². The molecule has 1 aromatic carbocycles. The van der Waals surface area contributed by atoms with Crippen LogP contribution in [0.5, 0.6) is 0 Å². The van der Waals surface area contributed by atoms with Gasteiger partial charge in [-0.15, -0.1) is 0 Å². The summed E-state index contributed by atoms with van der Waals surface area (Å²) in [7, 11) is -4.17. The average molecular weight is 259 g/mol. The predicted molar refractivity (Wildman–Crippen MR) is 59.5 cm³/mol. The molecular formula is C10H13NO5S. The molecule has 1 atom stereocenters. The lowest BCUT2D eigenvalue weighted by atomic mass is 10.2. The molecule has 0 saturated heterocycles. The average Bonchev–Trinajstić information content (AvgIpc) is 2.27. The van der Waals surface area contributed by atoms with Crippen molar-refractivity contribution < 1.29 is 22.5 Å². The second-order valence-electron chi connectivity index (χ2n) is 3.46. The van der Waals surface area contributed by atoms with Gasteiger partial charge in [-0.3, -0.25) is 0 Å². The van der Waals surface area contributed by atoms with Crippen molar-refractivity contribution in [3.8, 4) is 0 Å². The van der Waals surface area contributed by atoms with Crippen LogP contribution in [0.3, 0.4) is 0 Å². The zero-order chi connectivity index (χ0) is 13.1. The fourth-order valence-electron chi connectivity index (χ4n) is 0.998. The van der Waals surface area contributed by atoms with E-state index in [1.807, 2.05) is 0 Å². The quantitative estimate of drug-likeness (QED) is 0.709. The summed E-state index contributed by atoms with van der Waals surface area (Å²) in [6, 6.07) is 4.43.